The van der Waals surface area contributed by atoms with Crippen LogP contribution in [0.3, 0.4) is 0 Å². The Kier molecular flexibility index (Phi) is 6.01. The average molecular weight is 343 g/mol. The van der Waals surface area contributed by atoms with E-state index in [1.54, 1.807) is 19.2 Å². The van der Waals surface area contributed by atoms with Gasteiger partial charge in [0, 0.05) is 32.9 Å². The number of primary sulfonamides is 1. The van der Waals surface area contributed by atoms with E-state index in [4.69, 9.17) is 9.88 Å². The number of rotatable bonds is 5. The molecule has 23 heavy (non-hydrogen) atoms. The zero-order valence-electron chi connectivity index (χ0n) is 14.2. The van der Waals surface area contributed by atoms with Crippen LogP contribution in [-0.4, -0.2) is 52.2 Å². The molecule has 0 unspecified atom stereocenters. The average Bonchev–Trinajstić information content (AvgIpc) is 2.41. The molecule has 0 fully saturated rings. The van der Waals surface area contributed by atoms with E-state index in [1.165, 1.54) is 17.0 Å². The smallest absolute Gasteiger partial charge is 0.410 e. The predicted octanol–water partition coefficient (Wildman–Crippen LogP) is 1.64. The molecule has 1 rings (SSSR count). The van der Waals surface area contributed by atoms with Gasteiger partial charge in [-0.1, -0.05) is 0 Å². The first-order valence-electron chi connectivity index (χ1n) is 7.18. The zero-order valence-corrected chi connectivity index (χ0v) is 15.1. The normalized spacial score (nSPS) is 11.9. The maximum Gasteiger partial charge on any atom is 0.410 e. The maximum atomic E-state index is 11.9. The van der Waals surface area contributed by atoms with Crippen LogP contribution in [0.4, 0.5) is 10.5 Å². The van der Waals surface area contributed by atoms with Gasteiger partial charge in [-0.15, -0.1) is 0 Å². The summed E-state index contributed by atoms with van der Waals surface area (Å²) >= 11 is 0. The van der Waals surface area contributed by atoms with Crippen molar-refractivity contribution in [2.75, 3.05) is 32.1 Å². The van der Waals surface area contributed by atoms with E-state index < -0.39 is 15.6 Å². The summed E-state index contributed by atoms with van der Waals surface area (Å²) in [5.74, 6) is 0. The van der Waals surface area contributed by atoms with Gasteiger partial charge in [0.05, 0.1) is 4.90 Å². The molecule has 0 aliphatic heterocycles. The highest BCUT2D eigenvalue weighted by molar-refractivity contribution is 7.89. The van der Waals surface area contributed by atoms with Gasteiger partial charge in [-0.3, -0.25) is 0 Å². The van der Waals surface area contributed by atoms with Gasteiger partial charge >= 0.3 is 6.09 Å². The van der Waals surface area contributed by atoms with Crippen molar-refractivity contribution in [3.63, 3.8) is 0 Å². The van der Waals surface area contributed by atoms with Crippen LogP contribution in [0.5, 0.6) is 0 Å². The minimum atomic E-state index is -3.69. The Morgan fingerprint density at radius 2 is 1.65 bits per heavy atom. The molecular formula is C15H25N3O4S. The number of carbonyl (C=O) groups is 1. The van der Waals surface area contributed by atoms with Crippen LogP contribution < -0.4 is 10.0 Å². The Balaban J connectivity index is 2.60. The number of anilines is 1. The molecule has 0 saturated carbocycles. The van der Waals surface area contributed by atoms with Gasteiger partial charge in [0.15, 0.2) is 0 Å². The molecule has 0 bridgehead atoms. The van der Waals surface area contributed by atoms with Crippen LogP contribution in [0.1, 0.15) is 20.8 Å². The van der Waals surface area contributed by atoms with E-state index in [2.05, 4.69) is 0 Å². The highest BCUT2D eigenvalue weighted by Crippen LogP contribution is 2.16. The second kappa shape index (κ2) is 7.18. The number of sulfonamides is 1. The molecule has 0 aromatic heterocycles. The topological polar surface area (TPSA) is 92.9 Å². The summed E-state index contributed by atoms with van der Waals surface area (Å²) in [5.41, 5.74) is 0.302. The van der Waals surface area contributed by atoms with Crippen LogP contribution in [-0.2, 0) is 14.8 Å². The number of ether oxygens (including phenoxy) is 1. The van der Waals surface area contributed by atoms with Crippen molar-refractivity contribution in [2.24, 2.45) is 5.14 Å². The SMILES string of the molecule is CN(CCN(C)c1ccc(S(N)(=O)=O)cc1)C(=O)OC(C)(C)C. The molecule has 2 N–H and O–H groups in total. The summed E-state index contributed by atoms with van der Waals surface area (Å²) in [6.07, 6.45) is -0.379. The fraction of sp³-hybridized carbons (Fsp3) is 0.533. The van der Waals surface area contributed by atoms with Crippen molar-refractivity contribution in [3.05, 3.63) is 24.3 Å². The third-order valence-corrected chi connectivity index (χ3v) is 4.01. The van der Waals surface area contributed by atoms with Crippen molar-refractivity contribution >= 4 is 21.8 Å². The highest BCUT2D eigenvalue weighted by atomic mass is 32.2. The summed E-state index contributed by atoms with van der Waals surface area (Å²) in [6, 6.07) is 6.26. The van der Waals surface area contributed by atoms with E-state index in [0.717, 1.165) is 5.69 Å². The molecule has 1 aromatic carbocycles. The molecule has 8 heteroatoms. The summed E-state index contributed by atoms with van der Waals surface area (Å²) in [7, 11) is -0.159. The highest BCUT2D eigenvalue weighted by Gasteiger charge is 2.19. The quantitative estimate of drug-likeness (QED) is 0.877. The van der Waals surface area contributed by atoms with Gasteiger partial charge < -0.3 is 14.5 Å². The van der Waals surface area contributed by atoms with Gasteiger partial charge in [-0.2, -0.15) is 0 Å². The minimum absolute atomic E-state index is 0.0699. The van der Waals surface area contributed by atoms with Gasteiger partial charge in [0.1, 0.15) is 5.60 Å². The van der Waals surface area contributed by atoms with E-state index in [1.807, 2.05) is 32.7 Å². The summed E-state index contributed by atoms with van der Waals surface area (Å²) in [5, 5.41) is 5.07. The third-order valence-electron chi connectivity index (χ3n) is 3.08. The lowest BCUT2D eigenvalue weighted by Gasteiger charge is -2.27. The first-order valence-corrected chi connectivity index (χ1v) is 8.73. The van der Waals surface area contributed by atoms with Crippen molar-refractivity contribution < 1.29 is 17.9 Å². The van der Waals surface area contributed by atoms with Crippen molar-refractivity contribution in [3.8, 4) is 0 Å². The molecule has 0 atom stereocenters. The first kappa shape index (κ1) is 19.2. The monoisotopic (exact) mass is 343 g/mol. The largest absolute Gasteiger partial charge is 0.444 e. The zero-order chi connectivity index (χ0) is 17.8. The molecule has 130 valence electrons. The van der Waals surface area contributed by atoms with Gasteiger partial charge in [0.25, 0.3) is 0 Å². The molecule has 0 spiro atoms. The van der Waals surface area contributed by atoms with Gasteiger partial charge in [-0.25, -0.2) is 18.4 Å². The van der Waals surface area contributed by atoms with Crippen LogP contribution in [0.15, 0.2) is 29.2 Å². The fourth-order valence-corrected chi connectivity index (χ4v) is 2.27. The van der Waals surface area contributed by atoms with Crippen LogP contribution in [0.25, 0.3) is 0 Å². The van der Waals surface area contributed by atoms with Crippen molar-refractivity contribution in [2.45, 2.75) is 31.3 Å². The summed E-state index contributed by atoms with van der Waals surface area (Å²) in [4.78, 5) is 15.3. The van der Waals surface area contributed by atoms with Crippen LogP contribution >= 0.6 is 0 Å². The number of likely N-dealkylation sites (N-methyl/N-ethyl adjacent to an activating group) is 2. The first-order chi connectivity index (χ1) is 10.4. The van der Waals surface area contributed by atoms with E-state index in [0.29, 0.717) is 13.1 Å². The van der Waals surface area contributed by atoms with Gasteiger partial charge in [-0.05, 0) is 45.0 Å². The molecule has 0 saturated heterocycles. The third kappa shape index (κ3) is 6.45. The molecule has 1 aromatic rings. The van der Waals surface area contributed by atoms with Crippen LogP contribution in [0.2, 0.25) is 0 Å². The number of hydrogen-bond donors (Lipinski definition) is 1. The van der Waals surface area contributed by atoms with E-state index >= 15 is 0 Å². The lowest BCUT2D eigenvalue weighted by Crippen LogP contribution is -2.38. The number of hydrogen-bond acceptors (Lipinski definition) is 5. The standard InChI is InChI=1S/C15H25N3O4S/c1-15(2,3)22-14(19)18(5)11-10-17(4)12-6-8-13(9-7-12)23(16,20)21/h6-9H,10-11H2,1-5H3,(H2,16,20,21). The number of nitrogens with two attached hydrogens (primary N) is 1. The van der Waals surface area contributed by atoms with Gasteiger partial charge in [0.2, 0.25) is 10.0 Å². The summed E-state index contributed by atoms with van der Waals surface area (Å²) < 4.78 is 27.7. The molecule has 1 amide bonds. The number of nitrogens with zero attached hydrogens (tertiary/aromatic N) is 2. The van der Waals surface area contributed by atoms with Crippen LogP contribution in [0, 0.1) is 0 Å². The Bertz CT molecular complexity index is 636. The second-order valence-corrected chi connectivity index (χ2v) is 7.92. The predicted molar refractivity (Wildman–Crippen MR) is 89.9 cm³/mol. The Morgan fingerprint density at radius 3 is 2.09 bits per heavy atom. The lowest BCUT2D eigenvalue weighted by atomic mass is 10.2. The molecule has 0 heterocycles. The number of carbonyl (C=O) groups excluding carboxylic acids is 1. The molecule has 0 radical (unpaired) electrons. The van der Waals surface area contributed by atoms with Crippen molar-refractivity contribution in [1.82, 2.24) is 4.90 Å². The summed E-state index contributed by atoms with van der Waals surface area (Å²) in [6.45, 7) is 6.50. The Morgan fingerprint density at radius 1 is 1.13 bits per heavy atom. The lowest BCUT2D eigenvalue weighted by molar-refractivity contribution is 0.0303. The van der Waals surface area contributed by atoms with E-state index in [9.17, 15) is 13.2 Å². The number of amides is 1. The fourth-order valence-electron chi connectivity index (χ4n) is 1.75. The van der Waals surface area contributed by atoms with Crippen molar-refractivity contribution in [1.29, 1.82) is 0 Å². The molecule has 0 aliphatic carbocycles. The Hall–Kier alpha value is -1.80. The number of benzene rings is 1. The second-order valence-electron chi connectivity index (χ2n) is 6.36. The Labute approximate surface area is 138 Å². The van der Waals surface area contributed by atoms with E-state index in [-0.39, 0.29) is 11.0 Å². The molecular weight excluding hydrogens is 318 g/mol. The molecule has 0 aliphatic rings. The minimum Gasteiger partial charge on any atom is -0.444 e. The molecule has 7 nitrogen and oxygen atoms in total. The maximum absolute atomic E-state index is 11.9.